The van der Waals surface area contributed by atoms with E-state index in [-0.39, 0.29) is 0 Å². The highest BCUT2D eigenvalue weighted by molar-refractivity contribution is 5.56. The van der Waals surface area contributed by atoms with Crippen molar-refractivity contribution < 1.29 is 4.52 Å². The van der Waals surface area contributed by atoms with Crippen LogP contribution in [0.3, 0.4) is 0 Å². The van der Waals surface area contributed by atoms with Crippen LogP contribution in [0.2, 0.25) is 0 Å². The van der Waals surface area contributed by atoms with Crippen molar-refractivity contribution in [1.29, 1.82) is 0 Å². The Balaban J connectivity index is 1.28. The lowest BCUT2D eigenvalue weighted by Gasteiger charge is -2.28. The van der Waals surface area contributed by atoms with Crippen LogP contribution in [-0.2, 0) is 19.5 Å². The number of rotatable bonds is 4. The van der Waals surface area contributed by atoms with Crippen molar-refractivity contribution >= 4 is 0 Å². The van der Waals surface area contributed by atoms with Crippen molar-refractivity contribution in [2.75, 3.05) is 6.54 Å². The summed E-state index contributed by atoms with van der Waals surface area (Å²) < 4.78 is 5.56. The molecule has 1 aromatic carbocycles. The minimum atomic E-state index is 0.554. The zero-order valence-corrected chi connectivity index (χ0v) is 16.2. The third-order valence-electron chi connectivity index (χ3n) is 6.02. The highest BCUT2D eigenvalue weighted by Gasteiger charge is 2.23. The molecule has 3 aromatic rings. The van der Waals surface area contributed by atoms with Gasteiger partial charge in [0.25, 0.3) is 0 Å². The molecule has 0 atom stereocenters. The zero-order chi connectivity index (χ0) is 18.8. The normalized spacial score (nSPS) is 18.1. The Morgan fingerprint density at radius 1 is 1.07 bits per heavy atom. The van der Waals surface area contributed by atoms with Crippen molar-refractivity contribution in [3.63, 3.8) is 0 Å². The first-order valence-corrected chi connectivity index (χ1v) is 10.4. The van der Waals surface area contributed by atoms with E-state index in [1.54, 1.807) is 0 Å². The second-order valence-corrected chi connectivity index (χ2v) is 8.04. The van der Waals surface area contributed by atoms with Crippen molar-refractivity contribution in [3.05, 3.63) is 65.4 Å². The van der Waals surface area contributed by atoms with Gasteiger partial charge in [0.15, 0.2) is 5.76 Å². The molecule has 1 fully saturated rings. The molecule has 2 aliphatic rings. The highest BCUT2D eigenvalue weighted by Crippen LogP contribution is 2.31. The lowest BCUT2D eigenvalue weighted by molar-refractivity contribution is 0.233. The molecule has 1 aliphatic heterocycles. The molecule has 0 unspecified atom stereocenters. The Morgan fingerprint density at radius 3 is 2.79 bits per heavy atom. The van der Waals surface area contributed by atoms with Crippen LogP contribution in [0.15, 0.2) is 47.1 Å². The Labute approximate surface area is 165 Å². The summed E-state index contributed by atoms with van der Waals surface area (Å²) in [5.41, 5.74) is 4.55. The van der Waals surface area contributed by atoms with Crippen LogP contribution < -0.4 is 0 Å². The SMILES string of the molecule is c1ccc(-c2cc(CN3CCc4cnc(C5CCCCC5)nc4C3)no2)cc1. The molecule has 1 saturated carbocycles. The van der Waals surface area contributed by atoms with E-state index in [0.717, 1.165) is 48.9 Å². The van der Waals surface area contributed by atoms with Crippen LogP contribution in [0.5, 0.6) is 0 Å². The molecular weight excluding hydrogens is 348 g/mol. The lowest BCUT2D eigenvalue weighted by atomic mass is 9.88. The van der Waals surface area contributed by atoms with Crippen LogP contribution >= 0.6 is 0 Å². The van der Waals surface area contributed by atoms with E-state index in [9.17, 15) is 0 Å². The Morgan fingerprint density at radius 2 is 1.93 bits per heavy atom. The molecule has 0 spiro atoms. The molecule has 1 aliphatic carbocycles. The van der Waals surface area contributed by atoms with Crippen molar-refractivity contribution in [3.8, 4) is 11.3 Å². The Hall–Kier alpha value is -2.53. The molecular formula is C23H26N4O. The minimum absolute atomic E-state index is 0.554. The fourth-order valence-electron chi connectivity index (χ4n) is 4.42. The van der Waals surface area contributed by atoms with Gasteiger partial charge in [0, 0.05) is 43.4 Å². The topological polar surface area (TPSA) is 55.1 Å². The molecule has 3 heterocycles. The maximum Gasteiger partial charge on any atom is 0.167 e. The number of fused-ring (bicyclic) bond motifs is 1. The number of aromatic nitrogens is 3. The van der Waals surface area contributed by atoms with E-state index in [1.165, 1.54) is 43.4 Å². The molecule has 0 radical (unpaired) electrons. The monoisotopic (exact) mass is 374 g/mol. The fraction of sp³-hybridized carbons (Fsp3) is 0.435. The van der Waals surface area contributed by atoms with Crippen molar-refractivity contribution in [2.24, 2.45) is 0 Å². The quantitative estimate of drug-likeness (QED) is 0.660. The second-order valence-electron chi connectivity index (χ2n) is 8.04. The van der Waals surface area contributed by atoms with Gasteiger partial charge in [-0.25, -0.2) is 9.97 Å². The van der Waals surface area contributed by atoms with Crippen LogP contribution in [0.4, 0.5) is 0 Å². The summed E-state index contributed by atoms with van der Waals surface area (Å²) in [4.78, 5) is 12.1. The summed E-state index contributed by atoms with van der Waals surface area (Å²) in [5, 5.41) is 4.28. The van der Waals surface area contributed by atoms with Crippen LogP contribution in [0.25, 0.3) is 11.3 Å². The smallest absolute Gasteiger partial charge is 0.167 e. The molecule has 0 N–H and O–H groups in total. The van der Waals surface area contributed by atoms with Crippen LogP contribution in [-0.4, -0.2) is 26.6 Å². The van der Waals surface area contributed by atoms with E-state index in [1.807, 2.05) is 30.3 Å². The van der Waals surface area contributed by atoms with Gasteiger partial charge >= 0.3 is 0 Å². The van der Waals surface area contributed by atoms with Crippen LogP contribution in [0.1, 0.15) is 60.8 Å². The third-order valence-corrected chi connectivity index (χ3v) is 6.02. The summed E-state index contributed by atoms with van der Waals surface area (Å²) in [5.74, 6) is 2.45. The third kappa shape index (κ3) is 3.72. The molecule has 28 heavy (non-hydrogen) atoms. The van der Waals surface area contributed by atoms with Crippen molar-refractivity contribution in [1.82, 2.24) is 20.0 Å². The van der Waals surface area contributed by atoms with Gasteiger partial charge in [-0.15, -0.1) is 0 Å². The maximum atomic E-state index is 5.56. The summed E-state index contributed by atoms with van der Waals surface area (Å²) in [7, 11) is 0. The first-order chi connectivity index (χ1) is 13.8. The molecule has 0 bridgehead atoms. The second kappa shape index (κ2) is 7.84. The highest BCUT2D eigenvalue weighted by atomic mass is 16.5. The average Bonchev–Trinajstić information content (AvgIpc) is 3.23. The molecule has 5 heteroatoms. The maximum absolute atomic E-state index is 5.56. The molecule has 5 nitrogen and oxygen atoms in total. The van der Waals surface area contributed by atoms with Gasteiger partial charge in [-0.2, -0.15) is 0 Å². The standard InChI is InChI=1S/C23H26N4O/c1-3-7-17(8-4-1)22-13-20(26-28-22)15-27-12-11-19-14-24-23(25-21(19)16-27)18-9-5-2-6-10-18/h1,3-4,7-8,13-14,18H,2,5-6,9-12,15-16H2. The van der Waals surface area contributed by atoms with Gasteiger partial charge in [-0.05, 0) is 24.8 Å². The minimum Gasteiger partial charge on any atom is -0.356 e. The van der Waals surface area contributed by atoms with Gasteiger partial charge in [0.2, 0.25) is 0 Å². The van der Waals surface area contributed by atoms with Crippen LogP contribution in [0, 0.1) is 0 Å². The fourth-order valence-corrected chi connectivity index (χ4v) is 4.42. The van der Waals surface area contributed by atoms with E-state index in [2.05, 4.69) is 22.3 Å². The number of hydrogen-bond donors (Lipinski definition) is 0. The van der Waals surface area contributed by atoms with E-state index in [0.29, 0.717) is 5.92 Å². The molecule has 5 rings (SSSR count). The average molecular weight is 374 g/mol. The first-order valence-electron chi connectivity index (χ1n) is 10.4. The lowest BCUT2D eigenvalue weighted by Crippen LogP contribution is -2.31. The number of benzene rings is 1. The van der Waals surface area contributed by atoms with Gasteiger partial charge < -0.3 is 4.52 Å². The molecule has 2 aromatic heterocycles. The van der Waals surface area contributed by atoms with E-state index >= 15 is 0 Å². The number of nitrogens with zero attached hydrogens (tertiary/aromatic N) is 4. The predicted octanol–water partition coefficient (Wildman–Crippen LogP) is 4.74. The van der Waals surface area contributed by atoms with Gasteiger partial charge in [0.05, 0.1) is 11.4 Å². The van der Waals surface area contributed by atoms with E-state index in [4.69, 9.17) is 14.5 Å². The van der Waals surface area contributed by atoms with Gasteiger partial charge in [-0.3, -0.25) is 4.90 Å². The molecule has 0 amide bonds. The summed E-state index contributed by atoms with van der Waals surface area (Å²) in [6.07, 6.45) is 9.54. The van der Waals surface area contributed by atoms with Crippen molar-refractivity contribution in [2.45, 2.75) is 57.5 Å². The predicted molar refractivity (Wildman–Crippen MR) is 108 cm³/mol. The Kier molecular flexibility index (Phi) is 4.92. The number of hydrogen-bond acceptors (Lipinski definition) is 5. The van der Waals surface area contributed by atoms with Gasteiger partial charge in [-0.1, -0.05) is 54.8 Å². The summed E-state index contributed by atoms with van der Waals surface area (Å²) in [6.45, 7) is 2.66. The molecule has 0 saturated heterocycles. The first kappa shape index (κ1) is 17.6. The van der Waals surface area contributed by atoms with Gasteiger partial charge in [0.1, 0.15) is 5.82 Å². The largest absolute Gasteiger partial charge is 0.356 e. The summed E-state index contributed by atoms with van der Waals surface area (Å²) >= 11 is 0. The summed E-state index contributed by atoms with van der Waals surface area (Å²) in [6, 6.07) is 12.2. The zero-order valence-electron chi connectivity index (χ0n) is 16.2. The Bertz CT molecular complexity index is 931. The molecule has 144 valence electrons. The van der Waals surface area contributed by atoms with E-state index < -0.39 is 0 Å².